The Kier molecular flexibility index (Phi) is 5.09. The number of halogens is 1. The molecule has 4 N–H and O–H groups in total. The van der Waals surface area contributed by atoms with E-state index in [1.54, 1.807) is 0 Å². The first-order chi connectivity index (χ1) is 11.7. The van der Waals surface area contributed by atoms with Crippen LogP contribution in [0.15, 0.2) is 29.2 Å². The number of carbonyl (C=O) groups is 2. The fourth-order valence-electron chi connectivity index (χ4n) is 1.98. The molecule has 0 aliphatic carbocycles. The van der Waals surface area contributed by atoms with Crippen molar-refractivity contribution >= 4 is 33.6 Å². The van der Waals surface area contributed by atoms with E-state index in [1.807, 2.05) is 0 Å². The van der Waals surface area contributed by atoms with Crippen LogP contribution in [-0.4, -0.2) is 42.6 Å². The highest BCUT2D eigenvalue weighted by atomic mass is 35.5. The number of benzene rings is 1. The minimum atomic E-state index is -4.62. The van der Waals surface area contributed by atoms with Crippen molar-refractivity contribution in [2.75, 3.05) is 7.11 Å². The minimum absolute atomic E-state index is 0.0296. The van der Waals surface area contributed by atoms with Crippen LogP contribution in [0.5, 0.6) is 5.88 Å². The summed E-state index contributed by atoms with van der Waals surface area (Å²) in [6.45, 7) is 0. The van der Waals surface area contributed by atoms with E-state index in [0.717, 1.165) is 6.07 Å². The van der Waals surface area contributed by atoms with E-state index in [2.05, 4.69) is 9.97 Å². The molecule has 10 nitrogen and oxygen atoms in total. The Morgan fingerprint density at radius 3 is 2.56 bits per heavy atom. The number of carboxylic acid groups (broad SMARTS) is 1. The number of ether oxygens (including phenoxy) is 1. The van der Waals surface area contributed by atoms with Gasteiger partial charge in [0.15, 0.2) is 5.82 Å². The van der Waals surface area contributed by atoms with Gasteiger partial charge in [0, 0.05) is 11.6 Å². The number of amides is 2. The van der Waals surface area contributed by atoms with Crippen LogP contribution >= 0.6 is 11.6 Å². The molecule has 2 amide bonds. The number of sulfonamides is 1. The molecule has 1 aromatic heterocycles. The molecule has 2 rings (SSSR count). The topological polar surface area (TPSA) is 162 Å². The number of methoxy groups -OCH3 is 1. The molecule has 1 heterocycles. The number of nitrogens with one attached hydrogen (secondary N) is 1. The maximum atomic E-state index is 12.4. The van der Waals surface area contributed by atoms with Gasteiger partial charge in [-0.2, -0.15) is 4.98 Å². The quantitative estimate of drug-likeness (QED) is 0.637. The lowest BCUT2D eigenvalue weighted by atomic mass is 10.1. The van der Waals surface area contributed by atoms with Crippen LogP contribution in [0.2, 0.25) is 5.15 Å². The lowest BCUT2D eigenvalue weighted by Gasteiger charge is -2.13. The van der Waals surface area contributed by atoms with Gasteiger partial charge in [-0.15, -0.1) is 0 Å². The molecule has 0 bridgehead atoms. The van der Waals surface area contributed by atoms with Crippen LogP contribution < -0.4 is 15.2 Å². The predicted molar refractivity (Wildman–Crippen MR) is 85.9 cm³/mol. The molecule has 12 heteroatoms. The number of carboxylic acids is 1. The van der Waals surface area contributed by atoms with Crippen molar-refractivity contribution in [1.82, 2.24) is 14.7 Å². The van der Waals surface area contributed by atoms with E-state index in [4.69, 9.17) is 22.1 Å². The highest BCUT2D eigenvalue weighted by molar-refractivity contribution is 7.90. The number of aromatic nitrogens is 2. The number of aromatic carboxylic acids is 1. The Morgan fingerprint density at radius 2 is 2.00 bits per heavy atom. The van der Waals surface area contributed by atoms with Crippen molar-refractivity contribution in [1.29, 1.82) is 0 Å². The zero-order chi connectivity index (χ0) is 18.8. The number of hydrogen-bond acceptors (Lipinski definition) is 7. The second-order valence-electron chi connectivity index (χ2n) is 4.51. The molecule has 0 unspecified atom stereocenters. The van der Waals surface area contributed by atoms with Gasteiger partial charge in [0.25, 0.3) is 10.0 Å². The number of primary amides is 1. The average Bonchev–Trinajstić information content (AvgIpc) is 2.52. The van der Waals surface area contributed by atoms with Crippen molar-refractivity contribution in [3.63, 3.8) is 0 Å². The third-order valence-corrected chi connectivity index (χ3v) is 4.51. The standard InChI is InChI=1S/C13H11ClN4O6S/c1-24-9-5-8(14)16-11(17-9)6-3-2-4-7(12(19)20)10(6)25(22,23)18-13(15)21/h2-5H,1H3,(H,19,20)(H3,15,18,21). The number of carbonyl (C=O) groups excluding carboxylic acids is 1. The van der Waals surface area contributed by atoms with Crippen molar-refractivity contribution in [3.05, 3.63) is 35.0 Å². The Morgan fingerprint density at radius 1 is 1.32 bits per heavy atom. The van der Waals surface area contributed by atoms with Gasteiger partial charge in [0.1, 0.15) is 10.0 Å². The maximum absolute atomic E-state index is 12.4. The first-order valence-electron chi connectivity index (χ1n) is 6.43. The van der Waals surface area contributed by atoms with Crippen LogP contribution in [0.4, 0.5) is 4.79 Å². The largest absolute Gasteiger partial charge is 0.481 e. The SMILES string of the molecule is COc1cc(Cl)nc(-c2cccc(C(=O)O)c2S(=O)(=O)NC(N)=O)n1. The minimum Gasteiger partial charge on any atom is -0.481 e. The summed E-state index contributed by atoms with van der Waals surface area (Å²) in [4.78, 5) is 29.5. The van der Waals surface area contributed by atoms with Crippen molar-refractivity contribution in [2.24, 2.45) is 5.73 Å². The molecule has 0 fully saturated rings. The Balaban J connectivity index is 2.84. The Labute approximate surface area is 146 Å². The van der Waals surface area contributed by atoms with Gasteiger partial charge in [-0.1, -0.05) is 17.7 Å². The summed E-state index contributed by atoms with van der Waals surface area (Å²) in [6, 6.07) is 3.49. The van der Waals surface area contributed by atoms with Gasteiger partial charge in [0.2, 0.25) is 5.88 Å². The second kappa shape index (κ2) is 6.91. The highest BCUT2D eigenvalue weighted by Gasteiger charge is 2.29. The summed E-state index contributed by atoms with van der Waals surface area (Å²) in [7, 11) is -3.31. The summed E-state index contributed by atoms with van der Waals surface area (Å²) < 4.78 is 31.3. The van der Waals surface area contributed by atoms with Crippen LogP contribution in [0.25, 0.3) is 11.4 Å². The fraction of sp³-hybridized carbons (Fsp3) is 0.0769. The Bertz CT molecular complexity index is 963. The van der Waals surface area contributed by atoms with E-state index in [9.17, 15) is 23.1 Å². The smallest absolute Gasteiger partial charge is 0.337 e. The predicted octanol–water partition coefficient (Wildman–Crippen LogP) is 0.861. The molecule has 0 spiro atoms. The molecule has 0 atom stereocenters. The first kappa shape index (κ1) is 18.4. The monoisotopic (exact) mass is 386 g/mol. The van der Waals surface area contributed by atoms with Crippen LogP contribution in [0.1, 0.15) is 10.4 Å². The molecular formula is C13H11ClN4O6S. The van der Waals surface area contributed by atoms with Crippen LogP contribution in [0.3, 0.4) is 0 Å². The lowest BCUT2D eigenvalue weighted by Crippen LogP contribution is -2.36. The lowest BCUT2D eigenvalue weighted by molar-refractivity contribution is 0.0692. The molecule has 0 radical (unpaired) electrons. The van der Waals surface area contributed by atoms with Crippen molar-refractivity contribution in [2.45, 2.75) is 4.90 Å². The number of hydrogen-bond donors (Lipinski definition) is 3. The van der Waals surface area contributed by atoms with E-state index >= 15 is 0 Å². The zero-order valence-corrected chi connectivity index (χ0v) is 14.1. The molecule has 1 aromatic carbocycles. The number of nitrogens with two attached hydrogens (primary N) is 1. The molecule has 0 saturated heterocycles. The van der Waals surface area contributed by atoms with Crippen molar-refractivity contribution in [3.8, 4) is 17.3 Å². The second-order valence-corrected chi connectivity index (χ2v) is 6.52. The summed E-state index contributed by atoms with van der Waals surface area (Å²) in [5, 5.41) is 9.23. The molecule has 0 aliphatic rings. The van der Waals surface area contributed by atoms with E-state index in [0.29, 0.717) is 0 Å². The zero-order valence-electron chi connectivity index (χ0n) is 12.6. The van der Waals surface area contributed by atoms with Gasteiger partial charge >= 0.3 is 12.0 Å². The van der Waals surface area contributed by atoms with Gasteiger partial charge < -0.3 is 15.6 Å². The third-order valence-electron chi connectivity index (χ3n) is 2.87. The van der Waals surface area contributed by atoms with Crippen molar-refractivity contribution < 1.29 is 27.9 Å². The first-order valence-corrected chi connectivity index (χ1v) is 8.29. The molecule has 0 saturated carbocycles. The third kappa shape index (κ3) is 3.95. The van der Waals surface area contributed by atoms with E-state index in [1.165, 1.54) is 30.0 Å². The van der Waals surface area contributed by atoms with Gasteiger partial charge in [-0.05, 0) is 12.1 Å². The van der Waals surface area contributed by atoms with Crippen LogP contribution in [-0.2, 0) is 10.0 Å². The summed E-state index contributed by atoms with van der Waals surface area (Å²) in [6.07, 6.45) is 0. The highest BCUT2D eigenvalue weighted by Crippen LogP contribution is 2.30. The Hall–Kier alpha value is -2.92. The average molecular weight is 387 g/mol. The molecular weight excluding hydrogens is 376 g/mol. The molecule has 2 aromatic rings. The van der Waals surface area contributed by atoms with Gasteiger partial charge in [0.05, 0.1) is 12.7 Å². The number of nitrogens with zero attached hydrogens (tertiary/aromatic N) is 2. The fourth-order valence-corrected chi connectivity index (χ4v) is 3.41. The summed E-state index contributed by atoms with van der Waals surface area (Å²) in [5.74, 6) is -1.72. The summed E-state index contributed by atoms with van der Waals surface area (Å²) >= 11 is 5.85. The number of urea groups is 1. The normalized spacial score (nSPS) is 11.0. The summed E-state index contributed by atoms with van der Waals surface area (Å²) in [5.41, 5.74) is 4.05. The molecule has 25 heavy (non-hydrogen) atoms. The molecule has 132 valence electrons. The van der Waals surface area contributed by atoms with E-state index in [-0.39, 0.29) is 22.4 Å². The van der Waals surface area contributed by atoms with E-state index < -0.39 is 32.5 Å². The van der Waals surface area contributed by atoms with Gasteiger partial charge in [-0.25, -0.2) is 27.7 Å². The van der Waals surface area contributed by atoms with Crippen LogP contribution in [0, 0.1) is 0 Å². The number of rotatable bonds is 5. The molecule has 0 aliphatic heterocycles. The van der Waals surface area contributed by atoms with Gasteiger partial charge in [-0.3, -0.25) is 0 Å². The maximum Gasteiger partial charge on any atom is 0.337 e.